The standard InChI is InChI=1S/C17H24N2O3/c1-19(11-13-7-9-15(10-8-13)16(18)20)17(21)22-12-14-5-3-2-4-6-14/h2-6,13,15H,7-12H2,1H3,(H2,18,20). The summed E-state index contributed by atoms with van der Waals surface area (Å²) in [6, 6.07) is 9.63. The maximum atomic E-state index is 12.0. The van der Waals surface area contributed by atoms with Crippen molar-refractivity contribution in [1.29, 1.82) is 0 Å². The molecule has 5 heteroatoms. The first-order chi connectivity index (χ1) is 10.6. The fraction of sp³-hybridized carbons (Fsp3) is 0.529. The van der Waals surface area contributed by atoms with Crippen LogP contribution in [0.4, 0.5) is 4.79 Å². The summed E-state index contributed by atoms with van der Waals surface area (Å²) in [5.74, 6) is 0.227. The molecule has 1 aliphatic rings. The van der Waals surface area contributed by atoms with Crippen LogP contribution in [0.3, 0.4) is 0 Å². The fourth-order valence-corrected chi connectivity index (χ4v) is 2.92. The summed E-state index contributed by atoms with van der Waals surface area (Å²) in [5, 5.41) is 0. The number of ether oxygens (including phenoxy) is 1. The van der Waals surface area contributed by atoms with Gasteiger partial charge in [-0.3, -0.25) is 4.79 Å². The van der Waals surface area contributed by atoms with E-state index in [1.165, 1.54) is 0 Å². The van der Waals surface area contributed by atoms with E-state index in [-0.39, 0.29) is 17.9 Å². The maximum absolute atomic E-state index is 12.0. The Hall–Kier alpha value is -2.04. The van der Waals surface area contributed by atoms with E-state index in [0.717, 1.165) is 31.2 Å². The summed E-state index contributed by atoms with van der Waals surface area (Å²) < 4.78 is 5.30. The number of hydrogen-bond acceptors (Lipinski definition) is 3. The highest BCUT2D eigenvalue weighted by molar-refractivity contribution is 5.76. The van der Waals surface area contributed by atoms with Gasteiger partial charge < -0.3 is 15.4 Å². The number of carbonyl (C=O) groups is 2. The molecular weight excluding hydrogens is 280 g/mol. The van der Waals surface area contributed by atoms with Crippen molar-refractivity contribution in [3.8, 4) is 0 Å². The summed E-state index contributed by atoms with van der Waals surface area (Å²) >= 11 is 0. The molecule has 22 heavy (non-hydrogen) atoms. The second-order valence-electron chi connectivity index (χ2n) is 6.04. The zero-order valence-corrected chi connectivity index (χ0v) is 13.0. The second-order valence-corrected chi connectivity index (χ2v) is 6.04. The monoisotopic (exact) mass is 304 g/mol. The predicted molar refractivity (Wildman–Crippen MR) is 83.9 cm³/mol. The van der Waals surface area contributed by atoms with Crippen molar-refractivity contribution in [3.05, 3.63) is 35.9 Å². The number of nitrogens with two attached hydrogens (primary N) is 1. The first kappa shape index (κ1) is 16.3. The van der Waals surface area contributed by atoms with E-state index in [4.69, 9.17) is 10.5 Å². The van der Waals surface area contributed by atoms with Crippen molar-refractivity contribution in [2.75, 3.05) is 13.6 Å². The molecule has 1 saturated carbocycles. The molecule has 0 atom stereocenters. The molecule has 0 heterocycles. The van der Waals surface area contributed by atoms with E-state index in [0.29, 0.717) is 19.1 Å². The van der Waals surface area contributed by atoms with Crippen LogP contribution in [-0.2, 0) is 16.1 Å². The van der Waals surface area contributed by atoms with Gasteiger partial charge in [-0.2, -0.15) is 0 Å². The average Bonchev–Trinajstić information content (AvgIpc) is 2.54. The van der Waals surface area contributed by atoms with Gasteiger partial charge in [0.15, 0.2) is 0 Å². The highest BCUT2D eigenvalue weighted by Gasteiger charge is 2.26. The quantitative estimate of drug-likeness (QED) is 0.908. The van der Waals surface area contributed by atoms with Gasteiger partial charge in [-0.05, 0) is 37.2 Å². The zero-order valence-electron chi connectivity index (χ0n) is 13.0. The van der Waals surface area contributed by atoms with E-state index >= 15 is 0 Å². The normalized spacial score (nSPS) is 21.1. The Bertz CT molecular complexity index is 496. The molecule has 0 unspecified atom stereocenters. The van der Waals surface area contributed by atoms with Gasteiger partial charge in [-0.1, -0.05) is 30.3 Å². The first-order valence-electron chi connectivity index (χ1n) is 7.77. The van der Waals surface area contributed by atoms with Gasteiger partial charge in [0.1, 0.15) is 6.61 Å². The molecule has 0 spiro atoms. The molecule has 1 aromatic rings. The van der Waals surface area contributed by atoms with Crippen LogP contribution in [0.5, 0.6) is 0 Å². The van der Waals surface area contributed by atoms with Crippen LogP contribution in [0.15, 0.2) is 30.3 Å². The van der Waals surface area contributed by atoms with Crippen LogP contribution < -0.4 is 5.73 Å². The van der Waals surface area contributed by atoms with Crippen molar-refractivity contribution < 1.29 is 14.3 Å². The highest BCUT2D eigenvalue weighted by atomic mass is 16.6. The van der Waals surface area contributed by atoms with Gasteiger partial charge in [0.25, 0.3) is 0 Å². The average molecular weight is 304 g/mol. The molecule has 5 nitrogen and oxygen atoms in total. The van der Waals surface area contributed by atoms with Gasteiger partial charge in [0, 0.05) is 19.5 Å². The summed E-state index contributed by atoms with van der Waals surface area (Å²) in [7, 11) is 1.76. The smallest absolute Gasteiger partial charge is 0.409 e. The number of nitrogens with zero attached hydrogens (tertiary/aromatic N) is 1. The van der Waals surface area contributed by atoms with Crippen LogP contribution in [-0.4, -0.2) is 30.5 Å². The number of hydrogen-bond donors (Lipinski definition) is 1. The molecule has 0 aromatic heterocycles. The van der Waals surface area contributed by atoms with Crippen LogP contribution >= 0.6 is 0 Å². The molecule has 0 radical (unpaired) electrons. The van der Waals surface area contributed by atoms with Crippen molar-refractivity contribution in [1.82, 2.24) is 4.90 Å². The minimum atomic E-state index is -0.305. The van der Waals surface area contributed by atoms with Gasteiger partial charge in [-0.15, -0.1) is 0 Å². The Balaban J connectivity index is 1.71. The van der Waals surface area contributed by atoms with E-state index in [1.807, 2.05) is 30.3 Å². The number of benzene rings is 1. The van der Waals surface area contributed by atoms with Gasteiger partial charge in [-0.25, -0.2) is 4.79 Å². The molecule has 120 valence electrons. The minimum Gasteiger partial charge on any atom is -0.445 e. The van der Waals surface area contributed by atoms with Crippen molar-refractivity contribution in [3.63, 3.8) is 0 Å². The number of amides is 2. The number of rotatable bonds is 5. The molecule has 1 fully saturated rings. The van der Waals surface area contributed by atoms with E-state index in [1.54, 1.807) is 11.9 Å². The van der Waals surface area contributed by atoms with Gasteiger partial charge >= 0.3 is 6.09 Å². The lowest BCUT2D eigenvalue weighted by Gasteiger charge is -2.29. The molecule has 1 aromatic carbocycles. The lowest BCUT2D eigenvalue weighted by molar-refractivity contribution is -0.123. The second kappa shape index (κ2) is 7.82. The Morgan fingerprint density at radius 3 is 2.41 bits per heavy atom. The van der Waals surface area contributed by atoms with Crippen LogP contribution in [0, 0.1) is 11.8 Å². The van der Waals surface area contributed by atoms with Crippen molar-refractivity contribution in [2.24, 2.45) is 17.6 Å². The predicted octanol–water partition coefficient (Wildman–Crippen LogP) is 2.55. The minimum absolute atomic E-state index is 0.00610. The van der Waals surface area contributed by atoms with Gasteiger partial charge in [0.2, 0.25) is 5.91 Å². The van der Waals surface area contributed by atoms with Crippen molar-refractivity contribution >= 4 is 12.0 Å². The molecular formula is C17H24N2O3. The Morgan fingerprint density at radius 1 is 1.18 bits per heavy atom. The molecule has 2 rings (SSSR count). The summed E-state index contributed by atoms with van der Waals surface area (Å²) in [4.78, 5) is 24.8. The molecule has 2 N–H and O–H groups in total. The third-order valence-electron chi connectivity index (χ3n) is 4.30. The van der Waals surface area contributed by atoms with E-state index in [9.17, 15) is 9.59 Å². The first-order valence-corrected chi connectivity index (χ1v) is 7.77. The maximum Gasteiger partial charge on any atom is 0.409 e. The Kier molecular flexibility index (Phi) is 5.81. The Morgan fingerprint density at radius 2 is 1.82 bits per heavy atom. The summed E-state index contributed by atoms with van der Waals surface area (Å²) in [6.07, 6.45) is 3.22. The number of carbonyl (C=O) groups excluding carboxylic acids is 2. The lowest BCUT2D eigenvalue weighted by atomic mass is 9.81. The largest absolute Gasteiger partial charge is 0.445 e. The SMILES string of the molecule is CN(CC1CCC(C(N)=O)CC1)C(=O)OCc1ccccc1. The van der Waals surface area contributed by atoms with Crippen LogP contribution in [0.2, 0.25) is 0 Å². The fourth-order valence-electron chi connectivity index (χ4n) is 2.92. The third kappa shape index (κ3) is 4.76. The summed E-state index contributed by atoms with van der Waals surface area (Å²) in [6.45, 7) is 0.956. The molecule has 0 saturated heterocycles. The van der Waals surface area contributed by atoms with Crippen LogP contribution in [0.1, 0.15) is 31.2 Å². The lowest BCUT2D eigenvalue weighted by Crippen LogP contribution is -2.35. The molecule has 0 aliphatic heterocycles. The summed E-state index contributed by atoms with van der Waals surface area (Å²) in [5.41, 5.74) is 6.31. The van der Waals surface area contributed by atoms with E-state index in [2.05, 4.69) is 0 Å². The molecule has 1 aliphatic carbocycles. The third-order valence-corrected chi connectivity index (χ3v) is 4.30. The van der Waals surface area contributed by atoms with Crippen LogP contribution in [0.25, 0.3) is 0 Å². The highest BCUT2D eigenvalue weighted by Crippen LogP contribution is 2.29. The van der Waals surface area contributed by atoms with E-state index < -0.39 is 0 Å². The molecule has 0 bridgehead atoms. The van der Waals surface area contributed by atoms with Crippen molar-refractivity contribution in [2.45, 2.75) is 32.3 Å². The number of primary amides is 1. The topological polar surface area (TPSA) is 72.6 Å². The molecule has 2 amide bonds. The van der Waals surface area contributed by atoms with Gasteiger partial charge in [0.05, 0.1) is 0 Å². The Labute approximate surface area is 131 Å². The zero-order chi connectivity index (χ0) is 15.9.